The molecule has 0 aromatic carbocycles. The van der Waals surface area contributed by atoms with Crippen LogP contribution in [0.1, 0.15) is 130 Å². The van der Waals surface area contributed by atoms with Gasteiger partial charge in [-0.25, -0.2) is 0 Å². The number of hydrogen-bond acceptors (Lipinski definition) is 2. The van der Waals surface area contributed by atoms with Crippen LogP contribution in [0.5, 0.6) is 0 Å². The summed E-state index contributed by atoms with van der Waals surface area (Å²) in [6, 6.07) is 0.465. The number of aliphatic carboxylic acids is 1. The van der Waals surface area contributed by atoms with Crippen LogP contribution in [0.3, 0.4) is 0 Å². The van der Waals surface area contributed by atoms with Gasteiger partial charge in [0.15, 0.2) is 0 Å². The molecule has 0 radical (unpaired) electrons. The second-order valence-corrected chi connectivity index (χ2v) is 8.30. The molecule has 0 bridgehead atoms. The topological polar surface area (TPSA) is 40.5 Å². The molecule has 0 aliphatic carbocycles. The van der Waals surface area contributed by atoms with Gasteiger partial charge in [-0.15, -0.1) is 0 Å². The third-order valence-electron chi connectivity index (χ3n) is 5.70. The molecule has 1 N–H and O–H groups in total. The zero-order chi connectivity index (χ0) is 20.2. The first-order valence-electron chi connectivity index (χ1n) is 12.1. The van der Waals surface area contributed by atoms with Crippen molar-refractivity contribution in [3.05, 3.63) is 0 Å². The maximum atomic E-state index is 11.1. The highest BCUT2D eigenvalue weighted by Crippen LogP contribution is 2.18. The Hall–Kier alpha value is -0.570. The van der Waals surface area contributed by atoms with Crippen molar-refractivity contribution >= 4 is 5.97 Å². The standard InChI is InChI=1S/C24H49NO2/c1-4-7-10-12-14-16-21-25(22-17-15-13-11-8-5-2)23(18-9-6-3)19-20-24(26)27/h23H,4-22H2,1-3H3,(H,26,27). The Labute approximate surface area is 170 Å². The van der Waals surface area contributed by atoms with Crippen LogP contribution >= 0.6 is 0 Å². The van der Waals surface area contributed by atoms with E-state index in [2.05, 4.69) is 25.7 Å². The molecule has 0 aliphatic heterocycles. The van der Waals surface area contributed by atoms with Gasteiger partial charge in [0.2, 0.25) is 0 Å². The molecular weight excluding hydrogens is 334 g/mol. The fourth-order valence-electron chi connectivity index (χ4n) is 3.91. The highest BCUT2D eigenvalue weighted by atomic mass is 16.4. The molecule has 0 heterocycles. The van der Waals surface area contributed by atoms with E-state index >= 15 is 0 Å². The number of carboxylic acid groups (broad SMARTS) is 1. The highest BCUT2D eigenvalue weighted by Gasteiger charge is 2.18. The summed E-state index contributed by atoms with van der Waals surface area (Å²) in [6.07, 6.45) is 20.7. The van der Waals surface area contributed by atoms with Crippen molar-refractivity contribution in [2.45, 2.75) is 136 Å². The Balaban J connectivity index is 4.45. The highest BCUT2D eigenvalue weighted by molar-refractivity contribution is 5.66. The molecule has 3 heteroatoms. The van der Waals surface area contributed by atoms with Gasteiger partial charge in [0.25, 0.3) is 0 Å². The monoisotopic (exact) mass is 383 g/mol. The van der Waals surface area contributed by atoms with Gasteiger partial charge < -0.3 is 10.0 Å². The van der Waals surface area contributed by atoms with E-state index in [1.165, 1.54) is 89.9 Å². The Kier molecular flexibility index (Phi) is 19.7. The van der Waals surface area contributed by atoms with Gasteiger partial charge in [0.05, 0.1) is 0 Å². The van der Waals surface area contributed by atoms with Gasteiger partial charge in [-0.05, 0) is 38.8 Å². The maximum Gasteiger partial charge on any atom is 0.303 e. The Morgan fingerprint density at radius 1 is 0.667 bits per heavy atom. The van der Waals surface area contributed by atoms with Gasteiger partial charge >= 0.3 is 5.97 Å². The normalized spacial score (nSPS) is 12.6. The lowest BCUT2D eigenvalue weighted by Crippen LogP contribution is -2.37. The summed E-state index contributed by atoms with van der Waals surface area (Å²) in [4.78, 5) is 13.8. The van der Waals surface area contributed by atoms with Gasteiger partial charge in [-0.2, -0.15) is 0 Å². The lowest BCUT2D eigenvalue weighted by atomic mass is 10.0. The van der Waals surface area contributed by atoms with Crippen LogP contribution in [0.4, 0.5) is 0 Å². The van der Waals surface area contributed by atoms with E-state index in [0.717, 1.165) is 25.9 Å². The lowest BCUT2D eigenvalue weighted by molar-refractivity contribution is -0.137. The number of unbranched alkanes of at least 4 members (excludes halogenated alkanes) is 11. The summed E-state index contributed by atoms with van der Waals surface area (Å²) in [5.74, 6) is -0.643. The van der Waals surface area contributed by atoms with Crippen molar-refractivity contribution in [3.8, 4) is 0 Å². The van der Waals surface area contributed by atoms with Gasteiger partial charge in [-0.3, -0.25) is 4.79 Å². The van der Waals surface area contributed by atoms with Gasteiger partial charge in [0, 0.05) is 12.5 Å². The molecule has 162 valence electrons. The van der Waals surface area contributed by atoms with Gasteiger partial charge in [0.1, 0.15) is 0 Å². The van der Waals surface area contributed by atoms with E-state index in [4.69, 9.17) is 5.11 Å². The van der Waals surface area contributed by atoms with Crippen molar-refractivity contribution in [3.63, 3.8) is 0 Å². The van der Waals surface area contributed by atoms with Crippen LogP contribution in [-0.2, 0) is 4.79 Å². The SMILES string of the molecule is CCCCCCCCN(CCCCCCCC)C(CCCC)CCC(=O)O. The van der Waals surface area contributed by atoms with Crippen LogP contribution in [0.25, 0.3) is 0 Å². The first-order valence-corrected chi connectivity index (χ1v) is 12.1. The molecule has 27 heavy (non-hydrogen) atoms. The number of nitrogens with zero attached hydrogens (tertiary/aromatic N) is 1. The van der Waals surface area contributed by atoms with Crippen molar-refractivity contribution in [1.29, 1.82) is 0 Å². The quantitative estimate of drug-likeness (QED) is 0.209. The minimum atomic E-state index is -0.643. The Morgan fingerprint density at radius 2 is 1.11 bits per heavy atom. The largest absolute Gasteiger partial charge is 0.481 e. The summed E-state index contributed by atoms with van der Waals surface area (Å²) in [5.41, 5.74) is 0. The van der Waals surface area contributed by atoms with Crippen molar-refractivity contribution in [2.24, 2.45) is 0 Å². The number of carbonyl (C=O) groups is 1. The summed E-state index contributed by atoms with van der Waals surface area (Å²) in [7, 11) is 0. The first-order chi connectivity index (χ1) is 13.2. The zero-order valence-electron chi connectivity index (χ0n) is 18.8. The average molecular weight is 384 g/mol. The molecule has 0 spiro atoms. The fraction of sp³-hybridized carbons (Fsp3) is 0.958. The number of hydrogen-bond donors (Lipinski definition) is 1. The molecule has 3 nitrogen and oxygen atoms in total. The molecule has 0 saturated heterocycles. The summed E-state index contributed by atoms with van der Waals surface area (Å²) in [6.45, 7) is 9.09. The molecule has 0 aromatic heterocycles. The molecule has 1 atom stereocenters. The fourth-order valence-corrected chi connectivity index (χ4v) is 3.91. The molecule has 0 fully saturated rings. The number of carboxylic acids is 1. The minimum absolute atomic E-state index is 0.317. The van der Waals surface area contributed by atoms with Crippen LogP contribution in [0.2, 0.25) is 0 Å². The third-order valence-corrected chi connectivity index (χ3v) is 5.70. The summed E-state index contributed by atoms with van der Waals surface area (Å²) < 4.78 is 0. The van der Waals surface area contributed by atoms with Crippen molar-refractivity contribution < 1.29 is 9.90 Å². The molecule has 0 rings (SSSR count). The van der Waals surface area contributed by atoms with E-state index < -0.39 is 5.97 Å². The van der Waals surface area contributed by atoms with Gasteiger partial charge in [-0.1, -0.05) is 97.8 Å². The van der Waals surface area contributed by atoms with E-state index in [1.807, 2.05) is 0 Å². The Morgan fingerprint density at radius 3 is 1.56 bits per heavy atom. The molecule has 0 aliphatic rings. The average Bonchev–Trinajstić information content (AvgIpc) is 2.66. The van der Waals surface area contributed by atoms with Crippen molar-refractivity contribution in [1.82, 2.24) is 4.90 Å². The summed E-state index contributed by atoms with van der Waals surface area (Å²) >= 11 is 0. The number of rotatable bonds is 21. The molecule has 0 aromatic rings. The smallest absolute Gasteiger partial charge is 0.303 e. The predicted molar refractivity (Wildman–Crippen MR) is 119 cm³/mol. The first kappa shape index (κ1) is 26.4. The third kappa shape index (κ3) is 17.3. The second-order valence-electron chi connectivity index (χ2n) is 8.30. The van der Waals surface area contributed by atoms with E-state index in [-0.39, 0.29) is 0 Å². The minimum Gasteiger partial charge on any atom is -0.481 e. The lowest BCUT2D eigenvalue weighted by Gasteiger charge is -2.32. The van der Waals surface area contributed by atoms with E-state index in [0.29, 0.717) is 12.5 Å². The van der Waals surface area contributed by atoms with E-state index in [9.17, 15) is 4.79 Å². The molecule has 0 amide bonds. The van der Waals surface area contributed by atoms with Crippen LogP contribution in [0, 0.1) is 0 Å². The Bertz CT molecular complexity index is 304. The molecule has 0 saturated carbocycles. The molecule has 1 unspecified atom stereocenters. The molecular formula is C24H49NO2. The predicted octanol–water partition coefficient (Wildman–Crippen LogP) is 7.43. The van der Waals surface area contributed by atoms with E-state index in [1.54, 1.807) is 0 Å². The maximum absolute atomic E-state index is 11.1. The van der Waals surface area contributed by atoms with Crippen LogP contribution < -0.4 is 0 Å². The zero-order valence-corrected chi connectivity index (χ0v) is 18.8. The van der Waals surface area contributed by atoms with Crippen LogP contribution in [-0.4, -0.2) is 35.1 Å². The van der Waals surface area contributed by atoms with Crippen molar-refractivity contribution in [2.75, 3.05) is 13.1 Å². The summed E-state index contributed by atoms with van der Waals surface area (Å²) in [5, 5.41) is 9.14. The second kappa shape index (κ2) is 20.2. The van der Waals surface area contributed by atoms with Crippen LogP contribution in [0.15, 0.2) is 0 Å².